The summed E-state index contributed by atoms with van der Waals surface area (Å²) in [5.74, 6) is 0.670. The molecule has 1 aromatic carbocycles. The predicted molar refractivity (Wildman–Crippen MR) is 70.0 cm³/mol. The van der Waals surface area contributed by atoms with Gasteiger partial charge in [-0.3, -0.25) is 0 Å². The monoisotopic (exact) mass is 253 g/mol. The van der Waals surface area contributed by atoms with Gasteiger partial charge in [0.15, 0.2) is 0 Å². The Morgan fingerprint density at radius 2 is 2.12 bits per heavy atom. The zero-order chi connectivity index (χ0) is 12.6. The standard InChI is InChI=1S/C13H16ClNO2/c1-8-9(4-5-16)10-6-13(17-3)11(14)7-12(10)15(8)2/h6-7,16H,4-5H2,1-3H3. The Hall–Kier alpha value is -1.19. The number of hydrogen-bond donors (Lipinski definition) is 1. The van der Waals surface area contributed by atoms with Crippen LogP contribution in [0.1, 0.15) is 11.3 Å². The highest BCUT2D eigenvalue weighted by Crippen LogP contribution is 2.34. The third-order valence-corrected chi connectivity index (χ3v) is 3.55. The van der Waals surface area contributed by atoms with Crippen molar-refractivity contribution in [3.8, 4) is 5.75 Å². The number of rotatable bonds is 3. The van der Waals surface area contributed by atoms with Gasteiger partial charge in [-0.2, -0.15) is 0 Å². The van der Waals surface area contributed by atoms with Gasteiger partial charge in [-0.1, -0.05) is 11.6 Å². The highest BCUT2D eigenvalue weighted by Gasteiger charge is 2.14. The van der Waals surface area contributed by atoms with E-state index in [1.54, 1.807) is 7.11 Å². The van der Waals surface area contributed by atoms with Crippen molar-refractivity contribution < 1.29 is 9.84 Å². The predicted octanol–water partition coefficient (Wildman–Crippen LogP) is 2.68. The molecule has 92 valence electrons. The summed E-state index contributed by atoms with van der Waals surface area (Å²) in [4.78, 5) is 0. The van der Waals surface area contributed by atoms with Crippen molar-refractivity contribution >= 4 is 22.5 Å². The van der Waals surface area contributed by atoms with Gasteiger partial charge in [0.25, 0.3) is 0 Å². The second-order valence-corrected chi connectivity index (χ2v) is 4.51. The highest BCUT2D eigenvalue weighted by molar-refractivity contribution is 6.32. The number of ether oxygens (including phenoxy) is 1. The number of nitrogens with zero attached hydrogens (tertiary/aromatic N) is 1. The van der Waals surface area contributed by atoms with E-state index in [2.05, 4.69) is 4.57 Å². The molecule has 0 aliphatic carbocycles. The first-order valence-corrected chi connectivity index (χ1v) is 5.90. The topological polar surface area (TPSA) is 34.4 Å². The average molecular weight is 254 g/mol. The molecule has 17 heavy (non-hydrogen) atoms. The van der Waals surface area contributed by atoms with E-state index in [1.807, 2.05) is 26.1 Å². The Balaban J connectivity index is 2.77. The highest BCUT2D eigenvalue weighted by atomic mass is 35.5. The van der Waals surface area contributed by atoms with Crippen LogP contribution in [0.3, 0.4) is 0 Å². The minimum absolute atomic E-state index is 0.144. The number of benzene rings is 1. The molecule has 0 radical (unpaired) electrons. The van der Waals surface area contributed by atoms with Gasteiger partial charge in [0.05, 0.1) is 12.1 Å². The van der Waals surface area contributed by atoms with Crippen molar-refractivity contribution in [1.82, 2.24) is 4.57 Å². The second-order valence-electron chi connectivity index (χ2n) is 4.10. The van der Waals surface area contributed by atoms with Gasteiger partial charge in [0.2, 0.25) is 0 Å². The molecule has 2 rings (SSSR count). The summed E-state index contributed by atoms with van der Waals surface area (Å²) in [6.07, 6.45) is 0.647. The van der Waals surface area contributed by atoms with Gasteiger partial charge in [0.1, 0.15) is 5.75 Å². The summed E-state index contributed by atoms with van der Waals surface area (Å²) in [6.45, 7) is 2.19. The molecule has 1 N–H and O–H groups in total. The lowest BCUT2D eigenvalue weighted by Crippen LogP contribution is -1.95. The molecule has 0 aliphatic heterocycles. The third-order valence-electron chi connectivity index (χ3n) is 3.26. The molecule has 0 amide bonds. The third kappa shape index (κ3) is 1.90. The molecule has 0 fully saturated rings. The van der Waals surface area contributed by atoms with Crippen molar-refractivity contribution in [2.75, 3.05) is 13.7 Å². The smallest absolute Gasteiger partial charge is 0.138 e. The van der Waals surface area contributed by atoms with Crippen LogP contribution >= 0.6 is 11.6 Å². The fourth-order valence-corrected chi connectivity index (χ4v) is 2.46. The van der Waals surface area contributed by atoms with E-state index in [4.69, 9.17) is 21.4 Å². The van der Waals surface area contributed by atoms with Crippen LogP contribution in [0.15, 0.2) is 12.1 Å². The van der Waals surface area contributed by atoms with Crippen molar-refractivity contribution in [2.24, 2.45) is 7.05 Å². The maximum absolute atomic E-state index is 9.13. The number of halogens is 1. The fraction of sp³-hybridized carbons (Fsp3) is 0.385. The summed E-state index contributed by atoms with van der Waals surface area (Å²) in [5.41, 5.74) is 3.37. The van der Waals surface area contributed by atoms with Gasteiger partial charge in [-0.05, 0) is 31.0 Å². The number of aliphatic hydroxyl groups is 1. The van der Waals surface area contributed by atoms with E-state index in [0.717, 1.165) is 22.2 Å². The Labute approximate surface area is 106 Å². The minimum atomic E-state index is 0.144. The zero-order valence-corrected chi connectivity index (χ0v) is 11.0. The van der Waals surface area contributed by atoms with Crippen LogP contribution in [0, 0.1) is 6.92 Å². The van der Waals surface area contributed by atoms with Crippen molar-refractivity contribution in [3.63, 3.8) is 0 Å². The Kier molecular flexibility index (Phi) is 3.31. The molecule has 2 aromatic rings. The summed E-state index contributed by atoms with van der Waals surface area (Å²) in [6, 6.07) is 3.85. The van der Waals surface area contributed by atoms with Crippen LogP contribution in [-0.4, -0.2) is 23.4 Å². The number of aromatic nitrogens is 1. The van der Waals surface area contributed by atoms with Crippen LogP contribution < -0.4 is 4.74 Å². The van der Waals surface area contributed by atoms with Gasteiger partial charge in [0, 0.05) is 30.3 Å². The van der Waals surface area contributed by atoms with Crippen LogP contribution in [-0.2, 0) is 13.5 Å². The lowest BCUT2D eigenvalue weighted by molar-refractivity contribution is 0.299. The van der Waals surface area contributed by atoms with Gasteiger partial charge >= 0.3 is 0 Å². The summed E-state index contributed by atoms with van der Waals surface area (Å²) in [7, 11) is 3.61. The lowest BCUT2D eigenvalue weighted by Gasteiger charge is -2.04. The summed E-state index contributed by atoms with van der Waals surface area (Å²) in [5, 5.41) is 10.8. The first-order chi connectivity index (χ1) is 8.10. The van der Waals surface area contributed by atoms with E-state index >= 15 is 0 Å². The maximum atomic E-state index is 9.13. The first kappa shape index (κ1) is 12.3. The Bertz CT molecular complexity index is 560. The summed E-state index contributed by atoms with van der Waals surface area (Å²) < 4.78 is 7.32. The largest absolute Gasteiger partial charge is 0.495 e. The molecule has 1 aromatic heterocycles. The number of aryl methyl sites for hydroxylation is 1. The molecule has 0 aliphatic rings. The van der Waals surface area contributed by atoms with Gasteiger partial charge in [-0.25, -0.2) is 0 Å². The molecular weight excluding hydrogens is 238 g/mol. The van der Waals surface area contributed by atoms with E-state index in [0.29, 0.717) is 17.2 Å². The van der Waals surface area contributed by atoms with Crippen LogP contribution in [0.2, 0.25) is 5.02 Å². The number of methoxy groups -OCH3 is 1. The van der Waals surface area contributed by atoms with Crippen molar-refractivity contribution in [3.05, 3.63) is 28.4 Å². The molecule has 0 bridgehead atoms. The zero-order valence-electron chi connectivity index (χ0n) is 10.2. The summed E-state index contributed by atoms with van der Waals surface area (Å²) >= 11 is 6.13. The van der Waals surface area contributed by atoms with Crippen LogP contribution in [0.25, 0.3) is 10.9 Å². The van der Waals surface area contributed by atoms with Gasteiger partial charge < -0.3 is 14.4 Å². The number of aliphatic hydroxyl groups excluding tert-OH is 1. The maximum Gasteiger partial charge on any atom is 0.138 e. The lowest BCUT2D eigenvalue weighted by atomic mass is 10.1. The number of hydrogen-bond acceptors (Lipinski definition) is 2. The quantitative estimate of drug-likeness (QED) is 0.913. The van der Waals surface area contributed by atoms with E-state index in [9.17, 15) is 0 Å². The van der Waals surface area contributed by atoms with Crippen LogP contribution in [0.5, 0.6) is 5.75 Å². The van der Waals surface area contributed by atoms with E-state index < -0.39 is 0 Å². The molecule has 1 heterocycles. The van der Waals surface area contributed by atoms with Crippen LogP contribution in [0.4, 0.5) is 0 Å². The van der Waals surface area contributed by atoms with E-state index in [-0.39, 0.29) is 6.61 Å². The second kappa shape index (κ2) is 4.59. The molecule has 4 heteroatoms. The molecule has 3 nitrogen and oxygen atoms in total. The van der Waals surface area contributed by atoms with Crippen molar-refractivity contribution in [2.45, 2.75) is 13.3 Å². The molecule has 0 unspecified atom stereocenters. The average Bonchev–Trinajstić information content (AvgIpc) is 2.54. The molecular formula is C13H16ClNO2. The SMILES string of the molecule is COc1cc2c(CCO)c(C)n(C)c2cc1Cl. The van der Waals surface area contributed by atoms with Gasteiger partial charge in [-0.15, -0.1) is 0 Å². The van der Waals surface area contributed by atoms with E-state index in [1.165, 1.54) is 0 Å². The number of fused-ring (bicyclic) bond motifs is 1. The Morgan fingerprint density at radius 3 is 2.71 bits per heavy atom. The molecule has 0 saturated heterocycles. The Morgan fingerprint density at radius 1 is 1.41 bits per heavy atom. The molecule has 0 saturated carbocycles. The molecule has 0 spiro atoms. The first-order valence-electron chi connectivity index (χ1n) is 5.52. The minimum Gasteiger partial charge on any atom is -0.495 e. The molecule has 0 atom stereocenters. The normalized spacial score (nSPS) is 11.1. The fourth-order valence-electron chi connectivity index (χ4n) is 2.22. The van der Waals surface area contributed by atoms with Crippen molar-refractivity contribution in [1.29, 1.82) is 0 Å².